The van der Waals surface area contributed by atoms with E-state index in [0.29, 0.717) is 18.0 Å². The number of amides is 1. The van der Waals surface area contributed by atoms with Crippen molar-refractivity contribution in [2.75, 3.05) is 17.2 Å². The van der Waals surface area contributed by atoms with Crippen LogP contribution < -0.4 is 14.4 Å². The predicted octanol–water partition coefficient (Wildman–Crippen LogP) is 3.65. The number of nitrogens with one attached hydrogen (secondary N) is 1. The Morgan fingerprint density at radius 3 is 2.17 bits per heavy atom. The summed E-state index contributed by atoms with van der Waals surface area (Å²) in [5.74, 6) is -0.173. The molecule has 0 aliphatic rings. The van der Waals surface area contributed by atoms with Crippen LogP contribution in [0.3, 0.4) is 0 Å². The first-order valence-corrected chi connectivity index (χ1v) is 11.3. The first-order chi connectivity index (χ1) is 13.7. The van der Waals surface area contributed by atoms with Crippen molar-refractivity contribution in [3.8, 4) is 5.75 Å². The average Bonchev–Trinajstić information content (AvgIpc) is 2.66. The zero-order chi connectivity index (χ0) is 21.6. The molecule has 1 N–H and O–H groups in total. The Morgan fingerprint density at radius 1 is 1.10 bits per heavy atom. The molecule has 29 heavy (non-hydrogen) atoms. The molecule has 0 spiro atoms. The molecule has 2 aromatic carbocycles. The van der Waals surface area contributed by atoms with E-state index in [1.165, 1.54) is 12.1 Å². The van der Waals surface area contributed by atoms with E-state index in [1.54, 1.807) is 50.2 Å². The number of rotatable bonds is 9. The SMILES string of the molecule is CCOc1ccc(N([C@@H](CC)C(=O)N[C@@H](C)c2ccc(F)cc2)S(C)(=O)=O)cc1. The zero-order valence-electron chi connectivity index (χ0n) is 17.1. The van der Waals surface area contributed by atoms with Gasteiger partial charge in [-0.25, -0.2) is 12.8 Å². The van der Waals surface area contributed by atoms with E-state index in [1.807, 2.05) is 6.92 Å². The van der Waals surface area contributed by atoms with E-state index >= 15 is 0 Å². The van der Waals surface area contributed by atoms with Gasteiger partial charge < -0.3 is 10.1 Å². The van der Waals surface area contributed by atoms with Crippen LogP contribution in [-0.2, 0) is 14.8 Å². The fourth-order valence-corrected chi connectivity index (χ4v) is 4.27. The van der Waals surface area contributed by atoms with E-state index in [0.717, 1.165) is 16.1 Å². The highest BCUT2D eigenvalue weighted by atomic mass is 32.2. The second-order valence-electron chi connectivity index (χ2n) is 6.69. The molecular weight excluding hydrogens is 395 g/mol. The number of halogens is 1. The lowest BCUT2D eigenvalue weighted by Crippen LogP contribution is -2.49. The Labute approximate surface area is 171 Å². The van der Waals surface area contributed by atoms with Crippen LogP contribution in [0.1, 0.15) is 38.8 Å². The van der Waals surface area contributed by atoms with Gasteiger partial charge in [-0.05, 0) is 62.2 Å². The van der Waals surface area contributed by atoms with Gasteiger partial charge in [0.15, 0.2) is 0 Å². The summed E-state index contributed by atoms with van der Waals surface area (Å²) in [5, 5.41) is 2.83. The quantitative estimate of drug-likeness (QED) is 0.669. The number of carbonyl (C=O) groups excluding carboxylic acids is 1. The lowest BCUT2D eigenvalue weighted by Gasteiger charge is -2.31. The van der Waals surface area contributed by atoms with Crippen molar-refractivity contribution < 1.29 is 22.3 Å². The van der Waals surface area contributed by atoms with Gasteiger partial charge in [-0.1, -0.05) is 19.1 Å². The maximum absolute atomic E-state index is 13.1. The second-order valence-corrected chi connectivity index (χ2v) is 8.55. The number of nitrogens with zero attached hydrogens (tertiary/aromatic N) is 1. The predicted molar refractivity (Wildman–Crippen MR) is 112 cm³/mol. The highest BCUT2D eigenvalue weighted by Crippen LogP contribution is 2.26. The van der Waals surface area contributed by atoms with Crippen molar-refractivity contribution in [1.29, 1.82) is 0 Å². The molecule has 6 nitrogen and oxygen atoms in total. The van der Waals surface area contributed by atoms with Gasteiger partial charge in [-0.15, -0.1) is 0 Å². The van der Waals surface area contributed by atoms with Crippen molar-refractivity contribution in [3.05, 3.63) is 59.9 Å². The van der Waals surface area contributed by atoms with Crippen LogP contribution in [0.2, 0.25) is 0 Å². The number of sulfonamides is 1. The molecule has 0 fully saturated rings. The molecule has 0 aliphatic heterocycles. The third kappa shape index (κ3) is 5.93. The highest BCUT2D eigenvalue weighted by molar-refractivity contribution is 7.92. The molecule has 0 saturated heterocycles. The van der Waals surface area contributed by atoms with Crippen molar-refractivity contribution in [2.45, 2.75) is 39.3 Å². The van der Waals surface area contributed by atoms with Crippen LogP contribution in [0.5, 0.6) is 5.75 Å². The molecule has 2 aromatic rings. The largest absolute Gasteiger partial charge is 0.494 e. The van der Waals surface area contributed by atoms with Crippen LogP contribution in [0.25, 0.3) is 0 Å². The number of hydrogen-bond acceptors (Lipinski definition) is 4. The molecule has 0 aliphatic carbocycles. The molecule has 0 heterocycles. The lowest BCUT2D eigenvalue weighted by molar-refractivity contribution is -0.122. The van der Waals surface area contributed by atoms with Gasteiger partial charge in [0.1, 0.15) is 17.6 Å². The van der Waals surface area contributed by atoms with Crippen LogP contribution in [0, 0.1) is 5.82 Å². The summed E-state index contributed by atoms with van der Waals surface area (Å²) in [5.41, 5.74) is 1.11. The number of hydrogen-bond donors (Lipinski definition) is 1. The summed E-state index contributed by atoms with van der Waals surface area (Å²) >= 11 is 0. The molecule has 1 amide bonds. The maximum atomic E-state index is 13.1. The van der Waals surface area contributed by atoms with Crippen LogP contribution in [0.4, 0.5) is 10.1 Å². The molecule has 8 heteroatoms. The first kappa shape index (κ1) is 22.7. The number of benzene rings is 2. The maximum Gasteiger partial charge on any atom is 0.244 e. The summed E-state index contributed by atoms with van der Waals surface area (Å²) in [6.45, 7) is 5.87. The van der Waals surface area contributed by atoms with Crippen molar-refractivity contribution >= 4 is 21.6 Å². The van der Waals surface area contributed by atoms with Crippen molar-refractivity contribution in [3.63, 3.8) is 0 Å². The molecule has 158 valence electrons. The van der Waals surface area contributed by atoms with Crippen molar-refractivity contribution in [2.24, 2.45) is 0 Å². The minimum atomic E-state index is -3.72. The molecule has 0 aromatic heterocycles. The summed E-state index contributed by atoms with van der Waals surface area (Å²) in [4.78, 5) is 12.9. The Hall–Kier alpha value is -2.61. The average molecular weight is 423 g/mol. The zero-order valence-corrected chi connectivity index (χ0v) is 17.9. The third-order valence-electron chi connectivity index (χ3n) is 4.46. The van der Waals surface area contributed by atoms with Crippen LogP contribution in [-0.4, -0.2) is 33.2 Å². The van der Waals surface area contributed by atoms with Crippen LogP contribution in [0.15, 0.2) is 48.5 Å². The first-order valence-electron chi connectivity index (χ1n) is 9.45. The smallest absolute Gasteiger partial charge is 0.244 e. The second kappa shape index (κ2) is 9.73. The molecule has 0 radical (unpaired) electrons. The standard InChI is InChI=1S/C21H27FN2O4S/c1-5-20(21(25)23-15(3)16-7-9-17(22)10-8-16)24(29(4,26)27)18-11-13-19(14-12-18)28-6-2/h7-15,20H,5-6H2,1-4H3,(H,23,25)/t15-,20-/m0/s1. The lowest BCUT2D eigenvalue weighted by atomic mass is 10.1. The molecule has 2 atom stereocenters. The summed E-state index contributed by atoms with van der Waals surface area (Å²) in [6, 6.07) is 11.0. The van der Waals surface area contributed by atoms with E-state index in [9.17, 15) is 17.6 Å². The fraction of sp³-hybridized carbons (Fsp3) is 0.381. The normalized spacial score (nSPS) is 13.4. The molecular formula is C21H27FN2O4S. The van der Waals surface area contributed by atoms with Gasteiger partial charge in [-0.3, -0.25) is 9.10 Å². The topological polar surface area (TPSA) is 75.7 Å². The molecule has 0 unspecified atom stereocenters. The van der Waals surface area contributed by atoms with E-state index in [2.05, 4.69) is 5.32 Å². The Morgan fingerprint density at radius 2 is 1.69 bits per heavy atom. The Balaban J connectivity index is 2.27. The summed E-state index contributed by atoms with van der Waals surface area (Å²) in [6.07, 6.45) is 1.35. The highest BCUT2D eigenvalue weighted by Gasteiger charge is 2.32. The summed E-state index contributed by atoms with van der Waals surface area (Å²) < 4.78 is 44.7. The molecule has 0 bridgehead atoms. The van der Waals surface area contributed by atoms with Crippen LogP contribution >= 0.6 is 0 Å². The minimum absolute atomic E-state index is 0.280. The number of carbonyl (C=O) groups is 1. The van der Waals surface area contributed by atoms with Gasteiger partial charge in [0, 0.05) is 0 Å². The van der Waals surface area contributed by atoms with Gasteiger partial charge >= 0.3 is 0 Å². The van der Waals surface area contributed by atoms with Crippen molar-refractivity contribution in [1.82, 2.24) is 5.32 Å². The third-order valence-corrected chi connectivity index (χ3v) is 5.64. The monoisotopic (exact) mass is 422 g/mol. The molecule has 2 rings (SSSR count). The Bertz CT molecular complexity index is 915. The van der Waals surface area contributed by atoms with E-state index in [-0.39, 0.29) is 12.2 Å². The fourth-order valence-electron chi connectivity index (χ4n) is 3.06. The van der Waals surface area contributed by atoms with E-state index < -0.39 is 28.0 Å². The van der Waals surface area contributed by atoms with Gasteiger partial charge in [-0.2, -0.15) is 0 Å². The number of ether oxygens (including phenoxy) is 1. The van der Waals surface area contributed by atoms with E-state index in [4.69, 9.17) is 4.74 Å². The number of anilines is 1. The minimum Gasteiger partial charge on any atom is -0.494 e. The van der Waals surface area contributed by atoms with Gasteiger partial charge in [0.2, 0.25) is 15.9 Å². The molecule has 0 saturated carbocycles. The summed E-state index contributed by atoms with van der Waals surface area (Å²) in [7, 11) is -3.72. The Kier molecular flexibility index (Phi) is 7.61. The van der Waals surface area contributed by atoms with Gasteiger partial charge in [0.05, 0.1) is 24.6 Å². The van der Waals surface area contributed by atoms with Gasteiger partial charge in [0.25, 0.3) is 0 Å².